The average Bonchev–Trinajstić information content (AvgIpc) is 2.26. The fraction of sp³-hybridized carbons (Fsp3) is 0.333. The highest BCUT2D eigenvalue weighted by Crippen LogP contribution is 2.23. The number of aliphatic carboxylic acids is 1. The number of carboxylic acid groups (broad SMARTS) is 1. The minimum absolute atomic E-state index is 0.206. The van der Waals surface area contributed by atoms with Gasteiger partial charge in [0.05, 0.1) is 5.56 Å². The van der Waals surface area contributed by atoms with E-state index in [1.165, 1.54) is 12.1 Å². The van der Waals surface area contributed by atoms with Crippen LogP contribution in [0.15, 0.2) is 18.2 Å². The molecule has 1 N–H and O–H groups in total. The summed E-state index contributed by atoms with van der Waals surface area (Å²) in [6.07, 6.45) is -0.407. The predicted molar refractivity (Wildman–Crippen MR) is 63.7 cm³/mol. The van der Waals surface area contributed by atoms with Crippen LogP contribution < -0.4 is 4.74 Å². The van der Waals surface area contributed by atoms with Crippen LogP contribution >= 0.6 is 11.6 Å². The number of halogens is 1. The molecule has 0 fully saturated rings. The highest BCUT2D eigenvalue weighted by atomic mass is 35.5. The van der Waals surface area contributed by atoms with E-state index in [0.29, 0.717) is 11.3 Å². The quantitative estimate of drug-likeness (QED) is 0.823. The van der Waals surface area contributed by atoms with E-state index in [1.807, 2.05) is 0 Å². The zero-order valence-electron chi connectivity index (χ0n) is 9.51. The summed E-state index contributed by atoms with van der Waals surface area (Å²) in [6.45, 7) is 3.46. The maximum atomic E-state index is 11.0. The lowest BCUT2D eigenvalue weighted by Crippen LogP contribution is -2.32. The van der Waals surface area contributed by atoms with Crippen LogP contribution in [0.3, 0.4) is 0 Å². The Morgan fingerprint density at radius 3 is 2.59 bits per heavy atom. The molecular formula is C12H13ClO4. The van der Waals surface area contributed by atoms with Gasteiger partial charge in [0.2, 0.25) is 0 Å². The maximum absolute atomic E-state index is 11.0. The number of aldehydes is 1. The zero-order valence-corrected chi connectivity index (χ0v) is 10.3. The van der Waals surface area contributed by atoms with Crippen LogP contribution in [-0.2, 0) is 4.79 Å². The lowest BCUT2D eigenvalue weighted by Gasteiger charge is -2.19. The molecule has 1 rings (SSSR count). The molecular weight excluding hydrogens is 244 g/mol. The van der Waals surface area contributed by atoms with Gasteiger partial charge in [-0.05, 0) is 18.2 Å². The Kier molecular flexibility index (Phi) is 4.52. The van der Waals surface area contributed by atoms with Crippen LogP contribution in [0.1, 0.15) is 24.2 Å². The molecule has 0 aliphatic rings. The molecule has 1 atom stereocenters. The van der Waals surface area contributed by atoms with Gasteiger partial charge in [-0.2, -0.15) is 0 Å². The molecule has 1 aromatic carbocycles. The van der Waals surface area contributed by atoms with Crippen molar-refractivity contribution in [3.8, 4) is 5.75 Å². The van der Waals surface area contributed by atoms with Crippen molar-refractivity contribution in [1.82, 2.24) is 0 Å². The number of carbonyl (C=O) groups is 2. The number of hydrogen-bond acceptors (Lipinski definition) is 3. The van der Waals surface area contributed by atoms with Crippen LogP contribution in [0, 0.1) is 5.92 Å². The Labute approximate surface area is 104 Å². The van der Waals surface area contributed by atoms with Gasteiger partial charge in [0.25, 0.3) is 0 Å². The Morgan fingerprint density at radius 1 is 1.47 bits per heavy atom. The van der Waals surface area contributed by atoms with E-state index in [0.717, 1.165) is 0 Å². The second-order valence-electron chi connectivity index (χ2n) is 3.92. The van der Waals surface area contributed by atoms with Crippen LogP contribution in [0.2, 0.25) is 5.02 Å². The van der Waals surface area contributed by atoms with E-state index in [2.05, 4.69) is 0 Å². The lowest BCUT2D eigenvalue weighted by atomic mass is 10.1. The summed E-state index contributed by atoms with van der Waals surface area (Å²) < 4.78 is 5.32. The van der Waals surface area contributed by atoms with Gasteiger partial charge in [0, 0.05) is 10.9 Å². The summed E-state index contributed by atoms with van der Waals surface area (Å²) in [5, 5.41) is 9.38. The van der Waals surface area contributed by atoms with Crippen molar-refractivity contribution in [2.45, 2.75) is 20.0 Å². The summed E-state index contributed by atoms with van der Waals surface area (Å²) in [5.41, 5.74) is 0.240. The van der Waals surface area contributed by atoms with Crippen molar-refractivity contribution in [3.05, 3.63) is 28.8 Å². The zero-order chi connectivity index (χ0) is 13.0. The molecule has 0 amide bonds. The third-order valence-corrected chi connectivity index (χ3v) is 2.44. The number of hydrogen-bond donors (Lipinski definition) is 1. The number of carboxylic acids is 1. The van der Waals surface area contributed by atoms with Crippen LogP contribution in [0.5, 0.6) is 5.75 Å². The topological polar surface area (TPSA) is 63.6 Å². The molecule has 0 saturated heterocycles. The molecule has 0 radical (unpaired) electrons. The lowest BCUT2D eigenvalue weighted by molar-refractivity contribution is -0.147. The van der Waals surface area contributed by atoms with Gasteiger partial charge < -0.3 is 9.84 Å². The molecule has 0 bridgehead atoms. The molecule has 17 heavy (non-hydrogen) atoms. The normalized spacial score (nSPS) is 12.2. The Bertz CT molecular complexity index is 429. The first-order chi connectivity index (χ1) is 7.95. The monoisotopic (exact) mass is 256 g/mol. The van der Waals surface area contributed by atoms with Gasteiger partial charge in [-0.3, -0.25) is 4.79 Å². The van der Waals surface area contributed by atoms with Crippen molar-refractivity contribution in [2.24, 2.45) is 5.92 Å². The predicted octanol–water partition coefficient (Wildman–Crippen LogP) is 2.64. The van der Waals surface area contributed by atoms with Crippen molar-refractivity contribution in [2.75, 3.05) is 0 Å². The fourth-order valence-corrected chi connectivity index (χ4v) is 1.51. The fourth-order valence-electron chi connectivity index (χ4n) is 1.33. The van der Waals surface area contributed by atoms with Crippen molar-refractivity contribution < 1.29 is 19.4 Å². The summed E-state index contributed by atoms with van der Waals surface area (Å²) in [7, 11) is 0. The summed E-state index contributed by atoms with van der Waals surface area (Å²) in [6, 6.07) is 4.47. The SMILES string of the molecule is CC(C)C(Oc1ccc(Cl)cc1C=O)C(=O)O. The standard InChI is InChI=1S/C12H13ClO4/c1-7(2)11(12(15)16)17-10-4-3-9(13)5-8(10)6-14/h3-7,11H,1-2H3,(H,15,16). The number of benzene rings is 1. The van der Waals surface area contributed by atoms with Crippen LogP contribution in [-0.4, -0.2) is 23.5 Å². The van der Waals surface area contributed by atoms with Crippen molar-refractivity contribution >= 4 is 23.9 Å². The first-order valence-electron chi connectivity index (χ1n) is 5.10. The second-order valence-corrected chi connectivity index (χ2v) is 4.36. The molecule has 4 nitrogen and oxygen atoms in total. The molecule has 0 aliphatic carbocycles. The molecule has 0 aromatic heterocycles. The summed E-state index contributed by atoms with van der Waals surface area (Å²) in [5.74, 6) is -1.04. The van der Waals surface area contributed by atoms with Gasteiger partial charge in [0.15, 0.2) is 12.4 Å². The number of rotatable bonds is 5. The second kappa shape index (κ2) is 5.68. The highest BCUT2D eigenvalue weighted by Gasteiger charge is 2.24. The van der Waals surface area contributed by atoms with E-state index in [-0.39, 0.29) is 17.2 Å². The van der Waals surface area contributed by atoms with Gasteiger partial charge in [-0.1, -0.05) is 25.4 Å². The summed E-state index contributed by atoms with van der Waals surface area (Å²) in [4.78, 5) is 21.8. The largest absolute Gasteiger partial charge is 0.478 e. The molecule has 0 heterocycles. The molecule has 1 aromatic rings. The number of ether oxygens (including phenoxy) is 1. The third-order valence-electron chi connectivity index (χ3n) is 2.20. The number of carbonyl (C=O) groups excluding carboxylic acids is 1. The molecule has 1 unspecified atom stereocenters. The minimum Gasteiger partial charge on any atom is -0.478 e. The van der Waals surface area contributed by atoms with Gasteiger partial charge >= 0.3 is 5.97 Å². The highest BCUT2D eigenvalue weighted by molar-refractivity contribution is 6.30. The Hall–Kier alpha value is -1.55. The van der Waals surface area contributed by atoms with E-state index in [9.17, 15) is 9.59 Å². The van der Waals surface area contributed by atoms with Gasteiger partial charge in [-0.25, -0.2) is 4.79 Å². The molecule has 92 valence electrons. The van der Waals surface area contributed by atoms with E-state index in [1.54, 1.807) is 19.9 Å². The van der Waals surface area contributed by atoms with E-state index < -0.39 is 12.1 Å². The van der Waals surface area contributed by atoms with E-state index >= 15 is 0 Å². The first kappa shape index (κ1) is 13.5. The molecule has 0 aliphatic heterocycles. The van der Waals surface area contributed by atoms with E-state index in [4.69, 9.17) is 21.4 Å². The molecule has 0 saturated carbocycles. The van der Waals surface area contributed by atoms with Crippen LogP contribution in [0.25, 0.3) is 0 Å². The smallest absolute Gasteiger partial charge is 0.345 e. The summed E-state index contributed by atoms with van der Waals surface area (Å²) >= 11 is 5.73. The average molecular weight is 257 g/mol. The Balaban J connectivity index is 3.00. The van der Waals surface area contributed by atoms with Crippen molar-refractivity contribution in [3.63, 3.8) is 0 Å². The third kappa shape index (κ3) is 3.46. The molecule has 0 spiro atoms. The first-order valence-corrected chi connectivity index (χ1v) is 5.47. The van der Waals surface area contributed by atoms with Gasteiger partial charge in [-0.15, -0.1) is 0 Å². The maximum Gasteiger partial charge on any atom is 0.345 e. The Morgan fingerprint density at radius 2 is 2.12 bits per heavy atom. The molecule has 5 heteroatoms. The van der Waals surface area contributed by atoms with Crippen LogP contribution in [0.4, 0.5) is 0 Å². The van der Waals surface area contributed by atoms with Crippen molar-refractivity contribution in [1.29, 1.82) is 0 Å². The van der Waals surface area contributed by atoms with Gasteiger partial charge in [0.1, 0.15) is 5.75 Å². The minimum atomic E-state index is -1.06.